The topological polar surface area (TPSA) is 30.5 Å². The molecule has 0 spiro atoms. The molecule has 0 aliphatic carbocycles. The second-order valence-electron chi connectivity index (χ2n) is 5.24. The van der Waals surface area contributed by atoms with Crippen LogP contribution in [0.2, 0.25) is 0 Å². The fourth-order valence-electron chi connectivity index (χ4n) is 1.76. The molecule has 0 radical (unpaired) electrons. The maximum atomic E-state index is 5.90. The van der Waals surface area contributed by atoms with Crippen molar-refractivity contribution in [1.82, 2.24) is 5.32 Å². The van der Waals surface area contributed by atoms with Crippen LogP contribution in [0.15, 0.2) is 18.2 Å². The number of benzene rings is 1. The minimum atomic E-state index is 0.207. The summed E-state index contributed by atoms with van der Waals surface area (Å²) in [6, 6.07) is 6.73. The van der Waals surface area contributed by atoms with E-state index in [9.17, 15) is 0 Å². The molecule has 0 saturated carbocycles. The first kappa shape index (κ1) is 16.8. The van der Waals surface area contributed by atoms with Crippen molar-refractivity contribution in [3.63, 3.8) is 0 Å². The van der Waals surface area contributed by atoms with Crippen LogP contribution in [0.25, 0.3) is 0 Å². The van der Waals surface area contributed by atoms with E-state index in [1.54, 1.807) is 0 Å². The van der Waals surface area contributed by atoms with Crippen molar-refractivity contribution in [3.05, 3.63) is 23.8 Å². The van der Waals surface area contributed by atoms with Gasteiger partial charge in [-0.15, -0.1) is 0 Å². The third kappa shape index (κ3) is 5.41. The second-order valence-corrected chi connectivity index (χ2v) is 5.24. The van der Waals surface area contributed by atoms with Gasteiger partial charge in [-0.3, -0.25) is 0 Å². The molecule has 114 valence electrons. The lowest BCUT2D eigenvalue weighted by Gasteiger charge is -2.18. The molecule has 1 N–H and O–H groups in total. The quantitative estimate of drug-likeness (QED) is 0.736. The summed E-state index contributed by atoms with van der Waals surface area (Å²) in [5, 5.41) is 3.49. The molecule has 1 aromatic carbocycles. The molecule has 0 fully saturated rings. The summed E-state index contributed by atoms with van der Waals surface area (Å²) < 4.78 is 11.6. The third-order valence-electron chi connectivity index (χ3n) is 3.48. The third-order valence-corrected chi connectivity index (χ3v) is 3.48. The van der Waals surface area contributed by atoms with E-state index in [1.165, 1.54) is 5.56 Å². The van der Waals surface area contributed by atoms with Gasteiger partial charge in [0, 0.05) is 12.6 Å². The first-order valence-corrected chi connectivity index (χ1v) is 7.76. The second kappa shape index (κ2) is 8.85. The summed E-state index contributed by atoms with van der Waals surface area (Å²) in [6.45, 7) is 12.1. The van der Waals surface area contributed by atoms with Crippen LogP contribution < -0.4 is 14.8 Å². The minimum Gasteiger partial charge on any atom is -0.490 e. The van der Waals surface area contributed by atoms with Gasteiger partial charge in [0.1, 0.15) is 0 Å². The molecule has 0 unspecified atom stereocenters. The van der Waals surface area contributed by atoms with Gasteiger partial charge >= 0.3 is 0 Å². The predicted octanol–water partition coefficient (Wildman–Crippen LogP) is 4.15. The molecule has 0 amide bonds. The van der Waals surface area contributed by atoms with Gasteiger partial charge in [0.25, 0.3) is 0 Å². The van der Waals surface area contributed by atoms with Crippen LogP contribution in [0.5, 0.6) is 11.5 Å². The molecule has 0 aliphatic heterocycles. The summed E-state index contributed by atoms with van der Waals surface area (Å²) in [7, 11) is 0. The molecule has 0 heterocycles. The van der Waals surface area contributed by atoms with Crippen molar-refractivity contribution < 1.29 is 9.47 Å². The van der Waals surface area contributed by atoms with E-state index < -0.39 is 0 Å². The molecule has 0 saturated heterocycles. The zero-order chi connectivity index (χ0) is 15.0. The molecule has 0 aromatic heterocycles. The highest BCUT2D eigenvalue weighted by atomic mass is 16.5. The molecule has 0 aliphatic rings. The van der Waals surface area contributed by atoms with Crippen molar-refractivity contribution in [3.8, 4) is 11.5 Å². The van der Waals surface area contributed by atoms with Crippen LogP contribution in [0.1, 0.15) is 53.0 Å². The maximum Gasteiger partial charge on any atom is 0.161 e. The Balaban J connectivity index is 2.77. The average molecular weight is 279 g/mol. The highest BCUT2D eigenvalue weighted by Crippen LogP contribution is 2.29. The lowest BCUT2D eigenvalue weighted by molar-refractivity contribution is 0.203. The lowest BCUT2D eigenvalue weighted by atomic mass is 10.1. The monoisotopic (exact) mass is 279 g/mol. The van der Waals surface area contributed by atoms with Crippen LogP contribution in [-0.2, 0) is 6.54 Å². The summed E-state index contributed by atoms with van der Waals surface area (Å²) in [6.07, 6.45) is 2.33. The number of ether oxygens (including phenoxy) is 2. The predicted molar refractivity (Wildman–Crippen MR) is 84.6 cm³/mol. The Labute approximate surface area is 123 Å². The Bertz CT molecular complexity index is 393. The minimum absolute atomic E-state index is 0.207. The van der Waals surface area contributed by atoms with Gasteiger partial charge in [0.05, 0.1) is 12.7 Å². The molecule has 3 nitrogen and oxygen atoms in total. The Morgan fingerprint density at radius 2 is 1.80 bits per heavy atom. The van der Waals surface area contributed by atoms with Gasteiger partial charge in [0.2, 0.25) is 0 Å². The number of hydrogen-bond donors (Lipinski definition) is 1. The van der Waals surface area contributed by atoms with Gasteiger partial charge in [-0.05, 0) is 51.3 Å². The Morgan fingerprint density at radius 3 is 2.40 bits per heavy atom. The zero-order valence-electron chi connectivity index (χ0n) is 13.5. The molecule has 20 heavy (non-hydrogen) atoms. The van der Waals surface area contributed by atoms with E-state index in [4.69, 9.17) is 9.47 Å². The van der Waals surface area contributed by atoms with Gasteiger partial charge < -0.3 is 14.8 Å². The number of nitrogens with one attached hydrogen (secondary N) is 1. The Kier molecular flexibility index (Phi) is 7.45. The van der Waals surface area contributed by atoms with Gasteiger partial charge in [0.15, 0.2) is 11.5 Å². The van der Waals surface area contributed by atoms with Crippen molar-refractivity contribution in [2.24, 2.45) is 0 Å². The van der Waals surface area contributed by atoms with E-state index in [-0.39, 0.29) is 6.10 Å². The molecular formula is C17H29NO2. The van der Waals surface area contributed by atoms with E-state index in [1.807, 2.05) is 13.0 Å². The van der Waals surface area contributed by atoms with Crippen LogP contribution in [-0.4, -0.2) is 18.8 Å². The average Bonchev–Trinajstić information content (AvgIpc) is 2.47. The SMILES string of the molecule is CCOc1cc(CN[C@H](C)CC)ccc1O[C@H](C)CC. The molecule has 2 atom stereocenters. The van der Waals surface area contributed by atoms with Crippen molar-refractivity contribution in [2.75, 3.05) is 6.61 Å². The van der Waals surface area contributed by atoms with E-state index in [2.05, 4.69) is 45.1 Å². The van der Waals surface area contributed by atoms with E-state index >= 15 is 0 Å². The van der Waals surface area contributed by atoms with Crippen molar-refractivity contribution in [2.45, 2.75) is 66.2 Å². The highest BCUT2D eigenvalue weighted by Gasteiger charge is 2.10. The number of hydrogen-bond acceptors (Lipinski definition) is 3. The molecule has 1 aromatic rings. The van der Waals surface area contributed by atoms with Crippen LogP contribution in [0.3, 0.4) is 0 Å². The lowest BCUT2D eigenvalue weighted by Crippen LogP contribution is -2.24. The van der Waals surface area contributed by atoms with Gasteiger partial charge in [-0.1, -0.05) is 19.9 Å². The van der Waals surface area contributed by atoms with Crippen LogP contribution >= 0.6 is 0 Å². The Morgan fingerprint density at radius 1 is 1.05 bits per heavy atom. The van der Waals surface area contributed by atoms with E-state index in [0.717, 1.165) is 30.9 Å². The molecule has 0 bridgehead atoms. The summed E-state index contributed by atoms with van der Waals surface area (Å²) in [5.41, 5.74) is 1.23. The summed E-state index contributed by atoms with van der Waals surface area (Å²) in [5.74, 6) is 1.68. The van der Waals surface area contributed by atoms with E-state index in [0.29, 0.717) is 12.6 Å². The first-order chi connectivity index (χ1) is 9.60. The van der Waals surface area contributed by atoms with Crippen LogP contribution in [0, 0.1) is 0 Å². The van der Waals surface area contributed by atoms with Crippen LogP contribution in [0.4, 0.5) is 0 Å². The van der Waals surface area contributed by atoms with Gasteiger partial charge in [-0.2, -0.15) is 0 Å². The molecule has 3 heteroatoms. The van der Waals surface area contributed by atoms with Gasteiger partial charge in [-0.25, -0.2) is 0 Å². The van der Waals surface area contributed by atoms with Crippen molar-refractivity contribution in [1.29, 1.82) is 0 Å². The van der Waals surface area contributed by atoms with Crippen molar-refractivity contribution >= 4 is 0 Å². The maximum absolute atomic E-state index is 5.90. The summed E-state index contributed by atoms with van der Waals surface area (Å²) in [4.78, 5) is 0. The summed E-state index contributed by atoms with van der Waals surface area (Å²) >= 11 is 0. The zero-order valence-corrected chi connectivity index (χ0v) is 13.5. The molecular weight excluding hydrogens is 250 g/mol. The number of rotatable bonds is 9. The highest BCUT2D eigenvalue weighted by molar-refractivity contribution is 5.43. The smallest absolute Gasteiger partial charge is 0.161 e. The largest absolute Gasteiger partial charge is 0.490 e. The molecule has 1 rings (SSSR count). The fourth-order valence-corrected chi connectivity index (χ4v) is 1.76. The Hall–Kier alpha value is -1.22. The normalized spacial score (nSPS) is 13.8. The first-order valence-electron chi connectivity index (χ1n) is 7.76. The standard InChI is InChI=1S/C17H29NO2/c1-6-13(4)18-12-15-9-10-16(20-14(5)7-2)17(11-15)19-8-3/h9-11,13-14,18H,6-8,12H2,1-5H3/t13-,14-/m1/s1. The fraction of sp³-hybridized carbons (Fsp3) is 0.647.